The molecule has 0 fully saturated rings. The highest BCUT2D eigenvalue weighted by molar-refractivity contribution is 5.91. The van der Waals surface area contributed by atoms with E-state index in [2.05, 4.69) is 15.0 Å². The van der Waals surface area contributed by atoms with E-state index < -0.39 is 35.8 Å². The molecule has 9 nitrogen and oxygen atoms in total. The molecule has 0 unspecified atom stereocenters. The SMILES string of the molecule is COC(=O)Nc1cc(C#N)ccc1-c1cc(=O)n(CC(=O)NC(C)(C)C(F)(F)F)c(C)n1. The van der Waals surface area contributed by atoms with Crippen LogP contribution < -0.4 is 16.2 Å². The molecule has 2 rings (SSSR count). The first-order valence-electron chi connectivity index (χ1n) is 9.14. The van der Waals surface area contributed by atoms with Gasteiger partial charge in [0, 0.05) is 11.6 Å². The molecule has 2 amide bonds. The summed E-state index contributed by atoms with van der Waals surface area (Å²) in [4.78, 5) is 40.6. The van der Waals surface area contributed by atoms with E-state index in [4.69, 9.17) is 5.26 Å². The molecular formula is C20H20F3N5O4. The fraction of sp³-hybridized carbons (Fsp3) is 0.350. The van der Waals surface area contributed by atoms with E-state index in [-0.39, 0.29) is 22.8 Å². The maximum Gasteiger partial charge on any atom is 0.411 e. The monoisotopic (exact) mass is 451 g/mol. The van der Waals surface area contributed by atoms with Gasteiger partial charge in [-0.1, -0.05) is 0 Å². The second-order valence-electron chi connectivity index (χ2n) is 7.27. The van der Waals surface area contributed by atoms with Crippen LogP contribution in [0.3, 0.4) is 0 Å². The Balaban J connectivity index is 2.40. The van der Waals surface area contributed by atoms with Gasteiger partial charge in [-0.15, -0.1) is 0 Å². The number of nitrogens with zero attached hydrogens (tertiary/aromatic N) is 3. The molecule has 1 aromatic carbocycles. The van der Waals surface area contributed by atoms with Crippen molar-refractivity contribution in [3.05, 3.63) is 46.0 Å². The first-order chi connectivity index (χ1) is 14.8. The maximum atomic E-state index is 13.0. The standard InChI is InChI=1S/C20H20F3N5O4/c1-11-25-15(13-6-5-12(9-24)7-14(13)26-18(31)32-4)8-17(30)28(11)10-16(29)27-19(2,3)20(21,22)23/h5-8H,10H2,1-4H3,(H,26,31)(H,27,29). The fourth-order valence-corrected chi connectivity index (χ4v) is 2.66. The fourth-order valence-electron chi connectivity index (χ4n) is 2.66. The van der Waals surface area contributed by atoms with Gasteiger partial charge in [0.2, 0.25) is 5.91 Å². The number of hydrogen-bond acceptors (Lipinski definition) is 6. The number of halogens is 3. The number of nitrogens with one attached hydrogen (secondary N) is 2. The molecule has 0 aliphatic carbocycles. The van der Waals surface area contributed by atoms with Gasteiger partial charge in [0.05, 0.1) is 30.1 Å². The second-order valence-corrected chi connectivity index (χ2v) is 7.27. The number of aromatic nitrogens is 2. The van der Waals surface area contributed by atoms with E-state index in [1.165, 1.54) is 25.1 Å². The molecule has 0 aliphatic rings. The zero-order valence-electron chi connectivity index (χ0n) is 17.6. The zero-order valence-corrected chi connectivity index (χ0v) is 17.6. The molecule has 0 saturated carbocycles. The maximum absolute atomic E-state index is 13.0. The zero-order chi connectivity index (χ0) is 24.3. The van der Waals surface area contributed by atoms with E-state index in [1.54, 1.807) is 0 Å². The molecule has 0 spiro atoms. The van der Waals surface area contributed by atoms with Crippen molar-refractivity contribution in [1.82, 2.24) is 14.9 Å². The van der Waals surface area contributed by atoms with Crippen molar-refractivity contribution >= 4 is 17.7 Å². The summed E-state index contributed by atoms with van der Waals surface area (Å²) in [5, 5.41) is 13.4. The van der Waals surface area contributed by atoms with Crippen LogP contribution in [0.25, 0.3) is 11.3 Å². The van der Waals surface area contributed by atoms with Gasteiger partial charge < -0.3 is 10.1 Å². The first kappa shape index (κ1) is 24.4. The second kappa shape index (κ2) is 9.09. The average molecular weight is 451 g/mol. The molecule has 2 aromatic rings. The predicted molar refractivity (Wildman–Crippen MR) is 108 cm³/mol. The van der Waals surface area contributed by atoms with Gasteiger partial charge in [0.1, 0.15) is 17.9 Å². The molecule has 1 heterocycles. The van der Waals surface area contributed by atoms with Crippen molar-refractivity contribution in [2.45, 2.75) is 39.0 Å². The lowest BCUT2D eigenvalue weighted by molar-refractivity contribution is -0.188. The quantitative estimate of drug-likeness (QED) is 0.720. The molecule has 0 radical (unpaired) electrons. The summed E-state index contributed by atoms with van der Waals surface area (Å²) in [6.07, 6.45) is -5.49. The molecule has 0 aliphatic heterocycles. The van der Waals surface area contributed by atoms with Crippen LogP contribution in [-0.4, -0.2) is 40.4 Å². The van der Waals surface area contributed by atoms with Gasteiger partial charge >= 0.3 is 12.3 Å². The number of carbonyl (C=O) groups excluding carboxylic acids is 2. The van der Waals surface area contributed by atoms with Crippen LogP contribution >= 0.6 is 0 Å². The van der Waals surface area contributed by atoms with E-state index in [0.29, 0.717) is 5.56 Å². The molecule has 1 aromatic heterocycles. The highest BCUT2D eigenvalue weighted by Crippen LogP contribution is 2.30. The first-order valence-corrected chi connectivity index (χ1v) is 9.14. The van der Waals surface area contributed by atoms with Crippen molar-refractivity contribution < 1.29 is 27.5 Å². The number of nitriles is 1. The third-order valence-corrected chi connectivity index (χ3v) is 4.51. The van der Waals surface area contributed by atoms with Crippen molar-refractivity contribution in [1.29, 1.82) is 5.26 Å². The summed E-state index contributed by atoms with van der Waals surface area (Å²) in [6, 6.07) is 7.27. The van der Waals surface area contributed by atoms with Crippen LogP contribution in [0.5, 0.6) is 0 Å². The summed E-state index contributed by atoms with van der Waals surface area (Å²) in [7, 11) is 1.15. The van der Waals surface area contributed by atoms with Gasteiger partial charge in [0.15, 0.2) is 0 Å². The molecule has 170 valence electrons. The Labute approximate surface area is 180 Å². The summed E-state index contributed by atoms with van der Waals surface area (Å²) in [5.74, 6) is -0.959. The Bertz CT molecular complexity index is 1150. The number of rotatable bonds is 5. The molecular weight excluding hydrogens is 431 g/mol. The lowest BCUT2D eigenvalue weighted by Crippen LogP contribution is -2.55. The van der Waals surface area contributed by atoms with Gasteiger partial charge in [0.25, 0.3) is 5.56 Å². The number of benzene rings is 1. The number of hydrogen-bond donors (Lipinski definition) is 2. The normalized spacial score (nSPS) is 11.4. The minimum atomic E-state index is -4.68. The molecule has 0 bridgehead atoms. The number of amides is 2. The van der Waals surface area contributed by atoms with Crippen LogP contribution in [0.15, 0.2) is 29.1 Å². The minimum Gasteiger partial charge on any atom is -0.453 e. The third kappa shape index (κ3) is 5.42. The molecule has 0 atom stereocenters. The van der Waals surface area contributed by atoms with E-state index >= 15 is 0 Å². The summed E-state index contributed by atoms with van der Waals surface area (Å²) in [5.41, 5.74) is -2.37. The summed E-state index contributed by atoms with van der Waals surface area (Å²) >= 11 is 0. The van der Waals surface area contributed by atoms with Crippen molar-refractivity contribution in [2.24, 2.45) is 0 Å². The van der Waals surface area contributed by atoms with Gasteiger partial charge in [-0.2, -0.15) is 18.4 Å². The van der Waals surface area contributed by atoms with Crippen molar-refractivity contribution in [3.8, 4) is 17.3 Å². The number of ether oxygens (including phenoxy) is 1. The number of carbonyl (C=O) groups is 2. The molecule has 12 heteroatoms. The summed E-state index contributed by atoms with van der Waals surface area (Å²) < 4.78 is 44.4. The highest BCUT2D eigenvalue weighted by Gasteiger charge is 2.48. The summed E-state index contributed by atoms with van der Waals surface area (Å²) in [6.45, 7) is 2.35. The van der Waals surface area contributed by atoms with E-state index in [1.807, 2.05) is 11.4 Å². The highest BCUT2D eigenvalue weighted by atomic mass is 19.4. The largest absolute Gasteiger partial charge is 0.453 e. The van der Waals surface area contributed by atoms with Crippen LogP contribution in [0, 0.1) is 18.3 Å². The molecule has 0 saturated heterocycles. The Morgan fingerprint density at radius 1 is 1.25 bits per heavy atom. The smallest absolute Gasteiger partial charge is 0.411 e. The lowest BCUT2D eigenvalue weighted by Gasteiger charge is -2.29. The Morgan fingerprint density at radius 3 is 2.44 bits per heavy atom. The topological polar surface area (TPSA) is 126 Å². The van der Waals surface area contributed by atoms with Gasteiger partial charge in [-0.25, -0.2) is 9.78 Å². The van der Waals surface area contributed by atoms with Gasteiger partial charge in [-0.05, 0) is 39.0 Å². The molecule has 2 N–H and O–H groups in total. The van der Waals surface area contributed by atoms with Crippen LogP contribution in [0.2, 0.25) is 0 Å². The van der Waals surface area contributed by atoms with E-state index in [0.717, 1.165) is 31.6 Å². The Hall–Kier alpha value is -3.88. The Morgan fingerprint density at radius 2 is 1.91 bits per heavy atom. The number of methoxy groups -OCH3 is 1. The number of aryl methyl sites for hydroxylation is 1. The minimum absolute atomic E-state index is 0.0563. The van der Waals surface area contributed by atoms with Crippen molar-refractivity contribution in [3.63, 3.8) is 0 Å². The number of alkyl halides is 3. The third-order valence-electron chi connectivity index (χ3n) is 4.51. The average Bonchev–Trinajstić information content (AvgIpc) is 2.69. The van der Waals surface area contributed by atoms with Crippen LogP contribution in [0.4, 0.5) is 23.7 Å². The van der Waals surface area contributed by atoms with Crippen LogP contribution in [0.1, 0.15) is 25.2 Å². The van der Waals surface area contributed by atoms with Crippen molar-refractivity contribution in [2.75, 3.05) is 12.4 Å². The predicted octanol–water partition coefficient (Wildman–Crippen LogP) is 2.73. The lowest BCUT2D eigenvalue weighted by atomic mass is 10.1. The Kier molecular flexibility index (Phi) is 6.93. The molecule has 32 heavy (non-hydrogen) atoms. The van der Waals surface area contributed by atoms with Crippen LogP contribution in [-0.2, 0) is 16.1 Å². The van der Waals surface area contributed by atoms with Gasteiger partial charge in [-0.3, -0.25) is 19.5 Å². The number of anilines is 1. The van der Waals surface area contributed by atoms with E-state index in [9.17, 15) is 27.6 Å².